The van der Waals surface area contributed by atoms with E-state index in [1.807, 2.05) is 0 Å². The second-order valence-corrected chi connectivity index (χ2v) is 2.73. The zero-order chi connectivity index (χ0) is 10.6. The Kier molecular flexibility index (Phi) is 7.02. The van der Waals surface area contributed by atoms with Crippen molar-refractivity contribution in [2.75, 3.05) is 0 Å². The molecule has 0 saturated carbocycles. The van der Waals surface area contributed by atoms with Gasteiger partial charge >= 0.3 is 57.4 Å². The van der Waals surface area contributed by atoms with Gasteiger partial charge in [0.2, 0.25) is 0 Å². The quantitative estimate of drug-likeness (QED) is 0.328. The van der Waals surface area contributed by atoms with Crippen molar-refractivity contribution in [3.05, 3.63) is 18.5 Å². The van der Waals surface area contributed by atoms with E-state index >= 15 is 0 Å². The maximum Gasteiger partial charge on any atom is 1.00 e. The van der Waals surface area contributed by atoms with Gasteiger partial charge in [0.25, 0.3) is 0 Å². The second kappa shape index (κ2) is 7.12. The van der Waals surface area contributed by atoms with Crippen LogP contribution in [0.25, 0.3) is 0 Å². The monoisotopic (exact) mass is 235 g/mol. The van der Waals surface area contributed by atoms with Crippen molar-refractivity contribution in [3.8, 4) is 0 Å². The van der Waals surface area contributed by atoms with E-state index in [0.717, 1.165) is 0 Å². The fourth-order valence-corrected chi connectivity index (χ4v) is 0.979. The van der Waals surface area contributed by atoms with Crippen LogP contribution in [0.4, 0.5) is 0 Å². The van der Waals surface area contributed by atoms with Gasteiger partial charge in [-0.15, -0.1) is 0 Å². The summed E-state index contributed by atoms with van der Waals surface area (Å²) in [6.07, 6.45) is 3.15. The Hall–Kier alpha value is -0.214. The molecule has 76 valence electrons. The van der Waals surface area contributed by atoms with E-state index in [9.17, 15) is 9.90 Å². The molecule has 1 aromatic heterocycles. The molecule has 1 heterocycles. The Morgan fingerprint density at radius 3 is 2.80 bits per heavy atom. The van der Waals surface area contributed by atoms with E-state index in [-0.39, 0.29) is 57.9 Å². The maximum atomic E-state index is 10.7. The van der Waals surface area contributed by atoms with Crippen molar-refractivity contribution in [3.63, 3.8) is 0 Å². The fourth-order valence-electron chi connectivity index (χ4n) is 0.979. The molecule has 7 heteroatoms. The molecule has 15 heavy (non-hydrogen) atoms. The van der Waals surface area contributed by atoms with Crippen LogP contribution in [0.3, 0.4) is 0 Å². The summed E-state index contributed by atoms with van der Waals surface area (Å²) in [5.74, 6) is -1.62. The molecule has 0 fully saturated rings. The second-order valence-electron chi connectivity index (χ2n) is 2.73. The molecule has 0 aliphatic rings. The van der Waals surface area contributed by atoms with Crippen LogP contribution in [0.2, 0.25) is 0 Å². The van der Waals surface area contributed by atoms with E-state index in [4.69, 9.17) is 5.11 Å². The van der Waals surface area contributed by atoms with Crippen LogP contribution in [0.15, 0.2) is 23.5 Å². The number of hydrogen-bond donors (Lipinski definition) is 1. The van der Waals surface area contributed by atoms with Gasteiger partial charge in [-0.2, -0.15) is 5.10 Å². The number of carbonyl (C=O) groups is 1. The minimum absolute atomic E-state index is 0. The average Bonchev–Trinajstić information content (AvgIpc) is 2.54. The molecule has 0 aromatic carbocycles. The number of carboxylic acids is 1. The summed E-state index contributed by atoms with van der Waals surface area (Å²) < 4.78 is 1.42. The van der Waals surface area contributed by atoms with Crippen molar-refractivity contribution in [2.45, 2.75) is 19.5 Å². The molecule has 1 rings (SSSR count). The first kappa shape index (κ1) is 14.8. The molecule has 0 aliphatic heterocycles. The van der Waals surface area contributed by atoms with Crippen molar-refractivity contribution in [1.82, 2.24) is 9.78 Å². The van der Waals surface area contributed by atoms with Crippen LogP contribution < -0.4 is 56.5 Å². The molecule has 0 spiro atoms. The number of rotatable bonds is 4. The maximum absolute atomic E-state index is 10.7. The number of nitrogens with zero attached hydrogens (tertiary/aromatic N) is 3. The third-order valence-electron chi connectivity index (χ3n) is 1.54. The standard InChI is InChI=1S/C8H11N3O3.K/c1-6(12)10-7(8(13)14)5-11-4-2-3-9-11;/h2-4,7H,5H2,1H3,(H,10,12)(H,13,14);/q;+1/p-1/t7-;/m1./s1. The van der Waals surface area contributed by atoms with Crippen molar-refractivity contribution in [2.24, 2.45) is 4.99 Å². The zero-order valence-corrected chi connectivity index (χ0v) is 11.7. The van der Waals surface area contributed by atoms with Crippen molar-refractivity contribution < 1.29 is 66.4 Å². The first-order chi connectivity index (χ1) is 6.59. The molecule has 1 aromatic rings. The van der Waals surface area contributed by atoms with Crippen molar-refractivity contribution >= 4 is 11.9 Å². The summed E-state index contributed by atoms with van der Waals surface area (Å²) >= 11 is 0. The summed E-state index contributed by atoms with van der Waals surface area (Å²) in [7, 11) is 0. The first-order valence-electron chi connectivity index (χ1n) is 4.01. The van der Waals surface area contributed by atoms with Gasteiger partial charge in [0, 0.05) is 12.4 Å². The van der Waals surface area contributed by atoms with Gasteiger partial charge in [0.15, 0.2) is 6.04 Å². The van der Waals surface area contributed by atoms with E-state index in [1.54, 1.807) is 12.3 Å². The van der Waals surface area contributed by atoms with Gasteiger partial charge in [-0.25, -0.2) is 4.79 Å². The summed E-state index contributed by atoms with van der Waals surface area (Å²) in [5.41, 5.74) is 0. The molecule has 0 amide bonds. The van der Waals surface area contributed by atoms with Crippen molar-refractivity contribution in [1.29, 1.82) is 0 Å². The van der Waals surface area contributed by atoms with E-state index in [1.165, 1.54) is 17.8 Å². The topological polar surface area (TPSA) is 90.5 Å². The van der Waals surface area contributed by atoms with Gasteiger partial charge in [-0.05, 0) is 18.9 Å². The number of aliphatic imine (C=N–C) groups is 1. The molecule has 1 atom stereocenters. The summed E-state index contributed by atoms with van der Waals surface area (Å²) in [5, 5.41) is 23.2. The number of hydrogen-bond acceptors (Lipinski definition) is 4. The van der Waals surface area contributed by atoms with Gasteiger partial charge in [0.05, 0.1) is 6.54 Å². The molecule has 0 aliphatic carbocycles. The van der Waals surface area contributed by atoms with Gasteiger partial charge in [-0.3, -0.25) is 9.67 Å². The normalized spacial score (nSPS) is 13.0. The van der Waals surface area contributed by atoms with Crippen LogP contribution in [-0.4, -0.2) is 32.8 Å². The molecular weight excluding hydrogens is 225 g/mol. The Morgan fingerprint density at radius 2 is 2.40 bits per heavy atom. The Morgan fingerprint density at radius 1 is 1.73 bits per heavy atom. The summed E-state index contributed by atoms with van der Waals surface area (Å²) in [6, 6.07) is 0.611. The van der Waals surface area contributed by atoms with Gasteiger partial charge in [-0.1, -0.05) is 0 Å². The molecule has 6 nitrogen and oxygen atoms in total. The largest absolute Gasteiger partial charge is 1.00 e. The van der Waals surface area contributed by atoms with Crippen LogP contribution in [0, 0.1) is 0 Å². The van der Waals surface area contributed by atoms with Gasteiger partial charge in [0.1, 0.15) is 0 Å². The zero-order valence-electron chi connectivity index (χ0n) is 8.62. The third-order valence-corrected chi connectivity index (χ3v) is 1.54. The van der Waals surface area contributed by atoms with E-state index in [0.29, 0.717) is 0 Å². The van der Waals surface area contributed by atoms with Gasteiger partial charge < -0.3 is 10.2 Å². The molecule has 0 bridgehead atoms. The number of carboxylic acid groups (broad SMARTS) is 1. The molecule has 0 radical (unpaired) electrons. The minimum atomic E-state index is -1.13. The Bertz CT molecular complexity index is 333. The predicted molar refractivity (Wildman–Crippen MR) is 46.8 cm³/mol. The smallest absolute Gasteiger partial charge is 0.862 e. The predicted octanol–water partition coefficient (Wildman–Crippen LogP) is -3.88. The van der Waals surface area contributed by atoms with E-state index < -0.39 is 17.9 Å². The molecule has 0 saturated heterocycles. The number of aromatic nitrogens is 2. The van der Waals surface area contributed by atoms with Crippen LogP contribution in [0.1, 0.15) is 6.92 Å². The first-order valence-corrected chi connectivity index (χ1v) is 4.01. The minimum Gasteiger partial charge on any atom is -0.862 e. The third kappa shape index (κ3) is 5.43. The molecule has 0 unspecified atom stereocenters. The molecule has 1 N–H and O–H groups in total. The molecular formula is C8H10KN3O3. The SMILES string of the molecule is CC([O-])=N[C@H](Cn1cccn1)C(=O)O.[K+]. The summed E-state index contributed by atoms with van der Waals surface area (Å²) in [4.78, 5) is 14.1. The van der Waals surface area contributed by atoms with Crippen LogP contribution in [-0.2, 0) is 11.3 Å². The van der Waals surface area contributed by atoms with Crippen LogP contribution in [0.5, 0.6) is 0 Å². The fraction of sp³-hybridized carbons (Fsp3) is 0.375. The average molecular weight is 235 g/mol. The summed E-state index contributed by atoms with van der Waals surface area (Å²) in [6.45, 7) is 1.29. The van der Waals surface area contributed by atoms with E-state index in [2.05, 4.69) is 10.1 Å². The number of aliphatic carboxylic acids is 1. The Labute approximate surface area is 129 Å². The van der Waals surface area contributed by atoms with Crippen LogP contribution >= 0.6 is 0 Å². The Balaban J connectivity index is 0.00000196.